The van der Waals surface area contributed by atoms with Crippen LogP contribution in [0.25, 0.3) is 0 Å². The summed E-state index contributed by atoms with van der Waals surface area (Å²) in [5.41, 5.74) is 13.9. The van der Waals surface area contributed by atoms with Gasteiger partial charge in [-0.15, -0.1) is 0 Å². The highest BCUT2D eigenvalue weighted by Crippen LogP contribution is 2.34. The molecular weight excluding hydrogens is 454 g/mol. The molecule has 2 saturated heterocycles. The van der Waals surface area contributed by atoms with Crippen molar-refractivity contribution in [3.63, 3.8) is 0 Å². The van der Waals surface area contributed by atoms with Gasteiger partial charge in [-0.25, -0.2) is 0 Å². The lowest BCUT2D eigenvalue weighted by molar-refractivity contribution is -0.143. The van der Waals surface area contributed by atoms with Crippen molar-refractivity contribution in [3.8, 4) is 0 Å². The molecule has 3 amide bonds. The van der Waals surface area contributed by atoms with Crippen LogP contribution in [0.4, 0.5) is 0 Å². The lowest BCUT2D eigenvalue weighted by Crippen LogP contribution is -2.58. The second-order valence-corrected chi connectivity index (χ2v) is 9.83. The molecule has 4 rings (SSSR count). The molecular formula is C28H37N5O3. The number of rotatable bonds is 8. The van der Waals surface area contributed by atoms with Gasteiger partial charge in [0, 0.05) is 12.0 Å². The van der Waals surface area contributed by atoms with E-state index in [1.807, 2.05) is 67.6 Å². The van der Waals surface area contributed by atoms with Gasteiger partial charge in [-0.05, 0) is 49.8 Å². The minimum absolute atomic E-state index is 0.0454. The average Bonchev–Trinajstić information content (AvgIpc) is 3.30. The van der Waals surface area contributed by atoms with E-state index in [-0.39, 0.29) is 42.3 Å². The smallest absolute Gasteiger partial charge is 0.246 e. The fourth-order valence-electron chi connectivity index (χ4n) is 5.46. The lowest BCUT2D eigenvalue weighted by Gasteiger charge is -2.33. The highest BCUT2D eigenvalue weighted by Gasteiger charge is 2.47. The molecule has 0 radical (unpaired) electrons. The van der Waals surface area contributed by atoms with Crippen LogP contribution >= 0.6 is 0 Å². The van der Waals surface area contributed by atoms with Crippen molar-refractivity contribution in [1.29, 1.82) is 0 Å². The van der Waals surface area contributed by atoms with Gasteiger partial charge in [0.15, 0.2) is 0 Å². The van der Waals surface area contributed by atoms with Crippen molar-refractivity contribution in [1.82, 2.24) is 15.5 Å². The van der Waals surface area contributed by atoms with Gasteiger partial charge in [-0.2, -0.15) is 0 Å². The maximum absolute atomic E-state index is 13.8. The number of amides is 3. The summed E-state index contributed by atoms with van der Waals surface area (Å²) in [4.78, 5) is 41.8. The fourth-order valence-corrected chi connectivity index (χ4v) is 5.46. The monoisotopic (exact) mass is 491 g/mol. The van der Waals surface area contributed by atoms with Gasteiger partial charge in [0.05, 0.1) is 12.1 Å². The number of carbonyl (C=O) groups is 3. The number of nitrogens with one attached hydrogen (secondary N) is 2. The Balaban J connectivity index is 1.58. The summed E-state index contributed by atoms with van der Waals surface area (Å²) in [5, 5.41) is 6.07. The molecule has 192 valence electrons. The Labute approximate surface area is 212 Å². The van der Waals surface area contributed by atoms with Gasteiger partial charge < -0.3 is 27.0 Å². The lowest BCUT2D eigenvalue weighted by atomic mass is 9.93. The number of nitrogens with zero attached hydrogens (tertiary/aromatic N) is 1. The highest BCUT2D eigenvalue weighted by atomic mass is 16.2. The third-order valence-corrected chi connectivity index (χ3v) is 7.60. The first kappa shape index (κ1) is 25.9. The molecule has 0 spiro atoms. The van der Waals surface area contributed by atoms with E-state index in [4.69, 9.17) is 11.5 Å². The van der Waals surface area contributed by atoms with Crippen molar-refractivity contribution in [2.75, 3.05) is 6.54 Å². The molecule has 36 heavy (non-hydrogen) atoms. The Bertz CT molecular complexity index is 1010. The van der Waals surface area contributed by atoms with Gasteiger partial charge >= 0.3 is 0 Å². The second-order valence-electron chi connectivity index (χ2n) is 9.83. The molecule has 0 aliphatic carbocycles. The van der Waals surface area contributed by atoms with Gasteiger partial charge in [-0.1, -0.05) is 67.6 Å². The quantitative estimate of drug-likeness (QED) is 0.448. The van der Waals surface area contributed by atoms with Crippen LogP contribution in [0.1, 0.15) is 56.2 Å². The largest absolute Gasteiger partial charge is 0.343 e. The number of hydrogen-bond donors (Lipinski definition) is 4. The maximum Gasteiger partial charge on any atom is 0.246 e. The van der Waals surface area contributed by atoms with Gasteiger partial charge in [0.2, 0.25) is 17.7 Å². The Hall–Kier alpha value is -3.23. The van der Waals surface area contributed by atoms with Crippen molar-refractivity contribution >= 4 is 17.7 Å². The van der Waals surface area contributed by atoms with E-state index in [0.717, 1.165) is 24.0 Å². The minimum atomic E-state index is -0.780. The van der Waals surface area contributed by atoms with E-state index >= 15 is 0 Å². The molecule has 8 heteroatoms. The number of hydrogen-bond acceptors (Lipinski definition) is 5. The summed E-state index contributed by atoms with van der Waals surface area (Å²) in [7, 11) is 0. The Morgan fingerprint density at radius 1 is 0.972 bits per heavy atom. The molecule has 2 aromatic rings. The van der Waals surface area contributed by atoms with Gasteiger partial charge in [-0.3, -0.25) is 14.4 Å². The van der Waals surface area contributed by atoms with Crippen LogP contribution in [-0.2, 0) is 14.4 Å². The van der Waals surface area contributed by atoms with Crippen molar-refractivity contribution in [2.24, 2.45) is 17.4 Å². The zero-order valence-electron chi connectivity index (χ0n) is 20.8. The number of nitrogens with two attached hydrogens (primary N) is 2. The topological polar surface area (TPSA) is 131 Å². The summed E-state index contributed by atoms with van der Waals surface area (Å²) >= 11 is 0. The molecule has 0 saturated carbocycles. The summed E-state index contributed by atoms with van der Waals surface area (Å²) in [6.07, 6.45) is 3.27. The predicted octanol–water partition coefficient (Wildman–Crippen LogP) is 1.84. The van der Waals surface area contributed by atoms with Crippen LogP contribution in [0.5, 0.6) is 0 Å². The zero-order chi connectivity index (χ0) is 25.7. The first-order chi connectivity index (χ1) is 17.4. The standard InChI is InChI=1S/C28H37N5O3/c1-2-22(30)26(34)32-25-20(17-29)13-14-21-15-16-23(33(21)28(25)36)27(35)31-24(18-9-5-3-6-10-18)19-11-7-4-8-12-19/h3-12,20-25H,2,13-17,29-30H2,1H3,(H,31,35)(H,32,34). The average molecular weight is 492 g/mol. The first-order valence-electron chi connectivity index (χ1n) is 12.9. The van der Waals surface area contributed by atoms with Crippen molar-refractivity contribution in [2.45, 2.75) is 69.2 Å². The molecule has 0 aromatic heterocycles. The van der Waals surface area contributed by atoms with Crippen molar-refractivity contribution in [3.05, 3.63) is 71.8 Å². The van der Waals surface area contributed by atoms with Crippen LogP contribution < -0.4 is 22.1 Å². The van der Waals surface area contributed by atoms with Crippen LogP contribution in [0.2, 0.25) is 0 Å². The molecule has 6 N–H and O–H groups in total. The molecule has 2 aliphatic heterocycles. The van der Waals surface area contributed by atoms with E-state index in [9.17, 15) is 14.4 Å². The minimum Gasteiger partial charge on any atom is -0.343 e. The summed E-state index contributed by atoms with van der Waals surface area (Å²) in [5.74, 6) is -0.981. The van der Waals surface area contributed by atoms with E-state index in [0.29, 0.717) is 19.3 Å². The molecule has 2 aliphatic rings. The molecule has 8 nitrogen and oxygen atoms in total. The van der Waals surface area contributed by atoms with E-state index in [1.165, 1.54) is 0 Å². The number of carbonyl (C=O) groups excluding carboxylic acids is 3. The molecule has 5 atom stereocenters. The highest BCUT2D eigenvalue weighted by molar-refractivity contribution is 5.94. The first-order valence-corrected chi connectivity index (χ1v) is 12.9. The summed E-state index contributed by atoms with van der Waals surface area (Å²) in [6, 6.07) is 17.2. The van der Waals surface area contributed by atoms with Gasteiger partial charge in [0.25, 0.3) is 0 Å². The van der Waals surface area contributed by atoms with Crippen LogP contribution in [-0.4, -0.2) is 53.3 Å². The van der Waals surface area contributed by atoms with E-state index < -0.39 is 18.1 Å². The maximum atomic E-state index is 13.8. The molecule has 2 aromatic carbocycles. The summed E-state index contributed by atoms with van der Waals surface area (Å²) in [6.45, 7) is 2.10. The number of fused-ring (bicyclic) bond motifs is 1. The molecule has 2 fully saturated rings. The molecule has 2 heterocycles. The van der Waals surface area contributed by atoms with Crippen LogP contribution in [0, 0.1) is 5.92 Å². The molecule has 0 bridgehead atoms. The van der Waals surface area contributed by atoms with Crippen LogP contribution in [0.15, 0.2) is 60.7 Å². The van der Waals surface area contributed by atoms with Crippen LogP contribution in [0.3, 0.4) is 0 Å². The fraction of sp³-hybridized carbons (Fsp3) is 0.464. The second kappa shape index (κ2) is 11.7. The number of benzene rings is 2. The van der Waals surface area contributed by atoms with E-state index in [1.54, 1.807) is 4.90 Å². The molecule has 5 unspecified atom stereocenters. The van der Waals surface area contributed by atoms with Crippen molar-refractivity contribution < 1.29 is 14.4 Å². The SMILES string of the molecule is CCC(N)C(=O)NC1C(=O)N2C(CCC1CN)CCC2C(=O)NC(c1ccccc1)c1ccccc1. The summed E-state index contributed by atoms with van der Waals surface area (Å²) < 4.78 is 0. The normalized spacial score (nSPS) is 24.7. The Morgan fingerprint density at radius 2 is 1.56 bits per heavy atom. The Kier molecular flexibility index (Phi) is 8.38. The predicted molar refractivity (Wildman–Crippen MR) is 139 cm³/mol. The van der Waals surface area contributed by atoms with E-state index in [2.05, 4.69) is 10.6 Å². The van der Waals surface area contributed by atoms with Gasteiger partial charge in [0.1, 0.15) is 12.1 Å². The third-order valence-electron chi connectivity index (χ3n) is 7.60. The third kappa shape index (κ3) is 5.44. The zero-order valence-corrected chi connectivity index (χ0v) is 20.8. The Morgan fingerprint density at radius 3 is 2.11 bits per heavy atom.